The fourth-order valence-corrected chi connectivity index (χ4v) is 6.14. The number of hydrogen-bond acceptors (Lipinski definition) is 3. The Morgan fingerprint density at radius 2 is 1.79 bits per heavy atom. The zero-order valence-electron chi connectivity index (χ0n) is 12.5. The van der Waals surface area contributed by atoms with E-state index in [4.69, 9.17) is 5.73 Å². The molecule has 2 aliphatic heterocycles. The molecule has 0 aromatic heterocycles. The SMILES string of the molecule is CC1CC(CN)(N2CCC3(CCCCC3)CC2)CS1. The molecule has 0 aromatic rings. The lowest BCUT2D eigenvalue weighted by molar-refractivity contribution is 0.0127. The van der Waals surface area contributed by atoms with E-state index in [1.54, 1.807) is 0 Å². The van der Waals surface area contributed by atoms with E-state index >= 15 is 0 Å². The van der Waals surface area contributed by atoms with Gasteiger partial charge in [-0.3, -0.25) is 4.90 Å². The molecule has 2 unspecified atom stereocenters. The summed E-state index contributed by atoms with van der Waals surface area (Å²) in [5.41, 5.74) is 7.23. The van der Waals surface area contributed by atoms with Crippen LogP contribution < -0.4 is 5.73 Å². The largest absolute Gasteiger partial charge is 0.329 e. The second-order valence-corrected chi connectivity index (χ2v) is 8.73. The van der Waals surface area contributed by atoms with Crippen LogP contribution in [-0.2, 0) is 0 Å². The van der Waals surface area contributed by atoms with Crippen molar-refractivity contribution in [2.24, 2.45) is 11.1 Å². The summed E-state index contributed by atoms with van der Waals surface area (Å²) in [5, 5.41) is 0.800. The van der Waals surface area contributed by atoms with Gasteiger partial charge in [0.2, 0.25) is 0 Å². The highest BCUT2D eigenvalue weighted by Crippen LogP contribution is 2.47. The monoisotopic (exact) mass is 282 g/mol. The second-order valence-electron chi connectivity index (χ2n) is 7.30. The molecule has 0 radical (unpaired) electrons. The van der Waals surface area contributed by atoms with E-state index < -0.39 is 0 Å². The van der Waals surface area contributed by atoms with Gasteiger partial charge in [0.25, 0.3) is 0 Å². The van der Waals surface area contributed by atoms with Gasteiger partial charge in [0.15, 0.2) is 0 Å². The smallest absolute Gasteiger partial charge is 0.0432 e. The molecule has 1 spiro atoms. The number of rotatable bonds is 2. The summed E-state index contributed by atoms with van der Waals surface area (Å²) >= 11 is 2.13. The molecule has 2 saturated heterocycles. The summed E-state index contributed by atoms with van der Waals surface area (Å²) < 4.78 is 0. The van der Waals surface area contributed by atoms with Crippen LogP contribution in [0.5, 0.6) is 0 Å². The van der Waals surface area contributed by atoms with Crippen molar-refractivity contribution < 1.29 is 0 Å². The summed E-state index contributed by atoms with van der Waals surface area (Å²) in [4.78, 5) is 2.77. The molecule has 2 nitrogen and oxygen atoms in total. The van der Waals surface area contributed by atoms with Crippen molar-refractivity contribution >= 4 is 11.8 Å². The van der Waals surface area contributed by atoms with Crippen LogP contribution in [-0.4, -0.2) is 41.1 Å². The standard InChI is InChI=1S/C16H30N2S/c1-14-11-16(12-17,13-19-14)18-9-7-15(8-10-18)5-3-2-4-6-15/h14H,2-13,17H2,1H3. The number of hydrogen-bond donors (Lipinski definition) is 1. The zero-order chi connectivity index (χ0) is 13.3. The minimum absolute atomic E-state index is 0.334. The molecule has 110 valence electrons. The topological polar surface area (TPSA) is 29.3 Å². The first-order chi connectivity index (χ1) is 9.18. The molecule has 3 rings (SSSR count). The third kappa shape index (κ3) is 2.71. The molecule has 0 amide bonds. The average molecular weight is 282 g/mol. The first-order valence-corrected chi connectivity index (χ1v) is 9.30. The Morgan fingerprint density at radius 1 is 1.11 bits per heavy atom. The van der Waals surface area contributed by atoms with E-state index in [1.807, 2.05) is 0 Å². The Morgan fingerprint density at radius 3 is 2.32 bits per heavy atom. The summed E-state index contributed by atoms with van der Waals surface area (Å²) in [6.07, 6.45) is 11.6. The maximum Gasteiger partial charge on any atom is 0.0432 e. The van der Waals surface area contributed by atoms with Crippen LogP contribution in [0.3, 0.4) is 0 Å². The van der Waals surface area contributed by atoms with E-state index in [0.29, 0.717) is 5.54 Å². The van der Waals surface area contributed by atoms with Crippen LogP contribution in [0.4, 0.5) is 0 Å². The van der Waals surface area contributed by atoms with Crippen LogP contribution in [0.1, 0.15) is 58.3 Å². The molecule has 2 heterocycles. The van der Waals surface area contributed by atoms with E-state index in [-0.39, 0.29) is 0 Å². The minimum atomic E-state index is 0.334. The lowest BCUT2D eigenvalue weighted by Gasteiger charge is -2.50. The minimum Gasteiger partial charge on any atom is -0.329 e. The van der Waals surface area contributed by atoms with Crippen molar-refractivity contribution in [2.45, 2.75) is 69.1 Å². The normalized spacial score (nSPS) is 39.8. The van der Waals surface area contributed by atoms with Crippen LogP contribution in [0.25, 0.3) is 0 Å². The molecule has 0 aromatic carbocycles. The molecule has 2 N–H and O–H groups in total. The van der Waals surface area contributed by atoms with Gasteiger partial charge in [-0.2, -0.15) is 11.8 Å². The van der Waals surface area contributed by atoms with Crippen LogP contribution in [0, 0.1) is 5.41 Å². The highest BCUT2D eigenvalue weighted by molar-refractivity contribution is 8.00. The molecule has 2 atom stereocenters. The quantitative estimate of drug-likeness (QED) is 0.843. The summed E-state index contributed by atoms with van der Waals surface area (Å²) in [5.74, 6) is 1.26. The van der Waals surface area contributed by atoms with Crippen LogP contribution >= 0.6 is 11.8 Å². The Hall–Kier alpha value is 0.270. The van der Waals surface area contributed by atoms with Gasteiger partial charge in [0.05, 0.1) is 0 Å². The first kappa shape index (κ1) is 14.2. The molecule has 3 fully saturated rings. The summed E-state index contributed by atoms with van der Waals surface area (Å²) in [7, 11) is 0. The summed E-state index contributed by atoms with van der Waals surface area (Å²) in [6.45, 7) is 5.85. The molecule has 0 bridgehead atoms. The van der Waals surface area contributed by atoms with E-state index in [0.717, 1.165) is 17.2 Å². The average Bonchev–Trinajstić information content (AvgIpc) is 2.83. The van der Waals surface area contributed by atoms with Crippen molar-refractivity contribution in [2.75, 3.05) is 25.4 Å². The van der Waals surface area contributed by atoms with Crippen molar-refractivity contribution in [1.82, 2.24) is 4.90 Å². The number of thioether (sulfide) groups is 1. The van der Waals surface area contributed by atoms with E-state index in [9.17, 15) is 0 Å². The third-order valence-corrected chi connectivity index (χ3v) is 7.53. The number of nitrogens with two attached hydrogens (primary N) is 1. The van der Waals surface area contributed by atoms with Crippen molar-refractivity contribution in [1.29, 1.82) is 0 Å². The van der Waals surface area contributed by atoms with Gasteiger partial charge in [-0.25, -0.2) is 0 Å². The maximum atomic E-state index is 6.18. The summed E-state index contributed by atoms with van der Waals surface area (Å²) in [6, 6.07) is 0. The third-order valence-electron chi connectivity index (χ3n) is 6.09. The van der Waals surface area contributed by atoms with Crippen LogP contribution in [0.15, 0.2) is 0 Å². The molecule has 3 aliphatic rings. The molecule has 1 aliphatic carbocycles. The maximum absolute atomic E-state index is 6.18. The van der Waals surface area contributed by atoms with E-state index in [2.05, 4.69) is 23.6 Å². The Labute approximate surface area is 122 Å². The Balaban J connectivity index is 1.63. The van der Waals surface area contributed by atoms with Gasteiger partial charge in [-0.15, -0.1) is 0 Å². The number of piperidine rings is 1. The van der Waals surface area contributed by atoms with Crippen molar-refractivity contribution in [3.05, 3.63) is 0 Å². The van der Waals surface area contributed by atoms with Gasteiger partial charge in [-0.05, 0) is 50.6 Å². The second kappa shape index (κ2) is 5.57. The molecule has 1 saturated carbocycles. The van der Waals surface area contributed by atoms with Gasteiger partial charge in [0, 0.05) is 23.1 Å². The first-order valence-electron chi connectivity index (χ1n) is 8.25. The van der Waals surface area contributed by atoms with Gasteiger partial charge in [0.1, 0.15) is 0 Å². The van der Waals surface area contributed by atoms with E-state index in [1.165, 1.54) is 70.2 Å². The molecular formula is C16H30N2S. The van der Waals surface area contributed by atoms with Gasteiger partial charge >= 0.3 is 0 Å². The van der Waals surface area contributed by atoms with Crippen molar-refractivity contribution in [3.63, 3.8) is 0 Å². The highest BCUT2D eigenvalue weighted by Gasteiger charge is 2.45. The lowest BCUT2D eigenvalue weighted by atomic mass is 9.67. The van der Waals surface area contributed by atoms with Crippen LogP contribution in [0.2, 0.25) is 0 Å². The predicted molar refractivity (Wildman–Crippen MR) is 84.6 cm³/mol. The van der Waals surface area contributed by atoms with Gasteiger partial charge < -0.3 is 5.73 Å². The molecule has 19 heavy (non-hydrogen) atoms. The molecular weight excluding hydrogens is 252 g/mol. The lowest BCUT2D eigenvalue weighted by Crippen LogP contribution is -2.58. The van der Waals surface area contributed by atoms with Crippen molar-refractivity contribution in [3.8, 4) is 0 Å². The highest BCUT2D eigenvalue weighted by atomic mass is 32.2. The Kier molecular flexibility index (Phi) is 4.17. The van der Waals surface area contributed by atoms with Gasteiger partial charge in [-0.1, -0.05) is 26.2 Å². The fraction of sp³-hybridized carbons (Fsp3) is 1.00. The zero-order valence-corrected chi connectivity index (χ0v) is 13.3. The predicted octanol–water partition coefficient (Wildman–Crippen LogP) is 3.26. The number of likely N-dealkylation sites (tertiary alicyclic amines) is 1. The fourth-order valence-electron chi connectivity index (χ4n) is 4.70. The number of nitrogens with zero attached hydrogens (tertiary/aromatic N) is 1. The molecule has 3 heteroatoms. The Bertz CT molecular complexity index is 304.